The van der Waals surface area contributed by atoms with Gasteiger partial charge >= 0.3 is 0 Å². The van der Waals surface area contributed by atoms with Gasteiger partial charge in [-0.05, 0) is 24.7 Å². The van der Waals surface area contributed by atoms with Crippen molar-refractivity contribution in [2.24, 2.45) is 0 Å². The van der Waals surface area contributed by atoms with Crippen LogP contribution >= 0.6 is 35.0 Å². The minimum Gasteiger partial charge on any atom is -0.378 e. The van der Waals surface area contributed by atoms with Gasteiger partial charge in [0.25, 0.3) is 5.69 Å². The molecule has 0 saturated carbocycles. The fraction of sp³-hybridized carbons (Fsp3) is 0.455. The van der Waals surface area contributed by atoms with E-state index >= 15 is 0 Å². The molecule has 1 aromatic carbocycles. The lowest BCUT2D eigenvalue weighted by molar-refractivity contribution is -0.383. The highest BCUT2D eigenvalue weighted by molar-refractivity contribution is 8.00. The summed E-state index contributed by atoms with van der Waals surface area (Å²) in [5, 5.41) is 15.1. The van der Waals surface area contributed by atoms with Gasteiger partial charge in [-0.25, -0.2) is 0 Å². The molecule has 1 N–H and O–H groups in total. The van der Waals surface area contributed by atoms with Crippen LogP contribution in [0.5, 0.6) is 0 Å². The molecule has 0 aliphatic carbocycles. The molecular formula is C11H12Cl2N2O2S. The summed E-state index contributed by atoms with van der Waals surface area (Å²) in [6.45, 7) is 0.712. The zero-order chi connectivity index (χ0) is 13.1. The van der Waals surface area contributed by atoms with E-state index in [1.165, 1.54) is 18.6 Å². The molecule has 1 saturated heterocycles. The van der Waals surface area contributed by atoms with E-state index < -0.39 is 4.92 Å². The zero-order valence-corrected chi connectivity index (χ0v) is 11.8. The monoisotopic (exact) mass is 306 g/mol. The van der Waals surface area contributed by atoms with Crippen molar-refractivity contribution in [2.75, 3.05) is 17.6 Å². The molecule has 1 unspecified atom stereocenters. The van der Waals surface area contributed by atoms with E-state index in [1.54, 1.807) is 0 Å². The second-order valence-electron chi connectivity index (χ2n) is 4.06. The standard InChI is InChI=1S/C11H12Cl2N2O2S/c12-8-4-10(11(15(16)17)5-9(8)13)14-6-7-2-1-3-18-7/h4-5,7,14H,1-3,6H2. The average Bonchev–Trinajstić information content (AvgIpc) is 2.83. The van der Waals surface area contributed by atoms with Gasteiger partial charge in [0.2, 0.25) is 0 Å². The number of rotatable bonds is 4. The third kappa shape index (κ3) is 3.22. The summed E-state index contributed by atoms with van der Waals surface area (Å²) >= 11 is 13.6. The normalized spacial score (nSPS) is 18.9. The second-order valence-corrected chi connectivity index (χ2v) is 6.28. The minimum absolute atomic E-state index is 0.0348. The van der Waals surface area contributed by atoms with Crippen LogP contribution in [0.2, 0.25) is 10.0 Å². The van der Waals surface area contributed by atoms with Crippen LogP contribution in [0.15, 0.2) is 12.1 Å². The highest BCUT2D eigenvalue weighted by Crippen LogP contribution is 2.34. The lowest BCUT2D eigenvalue weighted by Crippen LogP contribution is -2.14. The third-order valence-corrected chi connectivity index (χ3v) is 4.90. The topological polar surface area (TPSA) is 55.2 Å². The largest absolute Gasteiger partial charge is 0.378 e. The molecule has 0 aromatic heterocycles. The van der Waals surface area contributed by atoms with Gasteiger partial charge in [0.05, 0.1) is 15.0 Å². The molecule has 1 aliphatic rings. The predicted molar refractivity (Wildman–Crippen MR) is 77.1 cm³/mol. The Hall–Kier alpha value is -0.650. The van der Waals surface area contributed by atoms with Gasteiger partial charge in [-0.1, -0.05) is 23.2 Å². The Morgan fingerprint density at radius 1 is 1.44 bits per heavy atom. The van der Waals surface area contributed by atoms with Crippen LogP contribution in [-0.4, -0.2) is 22.5 Å². The van der Waals surface area contributed by atoms with Crippen LogP contribution in [-0.2, 0) is 0 Å². The van der Waals surface area contributed by atoms with E-state index in [0.29, 0.717) is 22.5 Å². The Morgan fingerprint density at radius 3 is 2.78 bits per heavy atom. The van der Waals surface area contributed by atoms with Crippen molar-refractivity contribution in [3.63, 3.8) is 0 Å². The second kappa shape index (κ2) is 5.99. The van der Waals surface area contributed by atoms with E-state index in [-0.39, 0.29) is 10.7 Å². The number of nitrogens with zero attached hydrogens (tertiary/aromatic N) is 1. The Labute approximate surface area is 119 Å². The first-order chi connectivity index (χ1) is 8.58. The summed E-state index contributed by atoms with van der Waals surface area (Å²) in [7, 11) is 0. The predicted octanol–water partition coefficient (Wildman–Crippen LogP) is 4.21. The quantitative estimate of drug-likeness (QED) is 0.669. The highest BCUT2D eigenvalue weighted by atomic mass is 35.5. The Morgan fingerprint density at radius 2 is 2.17 bits per heavy atom. The average molecular weight is 307 g/mol. The molecule has 7 heteroatoms. The summed E-state index contributed by atoms with van der Waals surface area (Å²) in [4.78, 5) is 10.5. The number of thioether (sulfide) groups is 1. The van der Waals surface area contributed by atoms with Crippen molar-refractivity contribution in [1.82, 2.24) is 0 Å². The van der Waals surface area contributed by atoms with E-state index in [2.05, 4.69) is 5.32 Å². The maximum atomic E-state index is 10.9. The fourth-order valence-electron chi connectivity index (χ4n) is 1.86. The zero-order valence-electron chi connectivity index (χ0n) is 9.49. The lowest BCUT2D eigenvalue weighted by Gasteiger charge is -2.12. The van der Waals surface area contributed by atoms with Crippen molar-refractivity contribution >= 4 is 46.3 Å². The van der Waals surface area contributed by atoms with Gasteiger partial charge in [-0.15, -0.1) is 0 Å². The van der Waals surface area contributed by atoms with Gasteiger partial charge in [-0.2, -0.15) is 11.8 Å². The summed E-state index contributed by atoms with van der Waals surface area (Å²) in [5.41, 5.74) is 0.397. The van der Waals surface area contributed by atoms with Gasteiger partial charge in [0, 0.05) is 17.9 Å². The molecule has 1 aromatic rings. The van der Waals surface area contributed by atoms with Crippen LogP contribution in [0.1, 0.15) is 12.8 Å². The smallest absolute Gasteiger partial charge is 0.293 e. The third-order valence-electron chi connectivity index (χ3n) is 2.78. The Kier molecular flexibility index (Phi) is 4.59. The summed E-state index contributed by atoms with van der Waals surface area (Å²) < 4.78 is 0. The molecule has 0 amide bonds. The Bertz CT molecular complexity index is 465. The number of nitro benzene ring substituents is 1. The van der Waals surface area contributed by atoms with E-state index in [1.807, 2.05) is 11.8 Å². The number of anilines is 1. The van der Waals surface area contributed by atoms with Crippen molar-refractivity contribution in [3.8, 4) is 0 Å². The molecule has 4 nitrogen and oxygen atoms in total. The van der Waals surface area contributed by atoms with Gasteiger partial charge in [0.15, 0.2) is 0 Å². The summed E-state index contributed by atoms with van der Waals surface area (Å²) in [6, 6.07) is 2.80. The molecule has 1 heterocycles. The van der Waals surface area contributed by atoms with Crippen molar-refractivity contribution in [2.45, 2.75) is 18.1 Å². The van der Waals surface area contributed by atoms with Crippen LogP contribution in [0.3, 0.4) is 0 Å². The number of nitrogens with one attached hydrogen (secondary N) is 1. The molecule has 18 heavy (non-hydrogen) atoms. The van der Waals surface area contributed by atoms with Crippen LogP contribution < -0.4 is 5.32 Å². The maximum Gasteiger partial charge on any atom is 0.293 e. The highest BCUT2D eigenvalue weighted by Gasteiger charge is 2.20. The number of hydrogen-bond acceptors (Lipinski definition) is 4. The van der Waals surface area contributed by atoms with E-state index in [0.717, 1.165) is 12.2 Å². The van der Waals surface area contributed by atoms with Crippen molar-refractivity contribution in [1.29, 1.82) is 0 Å². The first kappa shape index (κ1) is 13.8. The van der Waals surface area contributed by atoms with Crippen LogP contribution in [0.4, 0.5) is 11.4 Å². The molecule has 1 aliphatic heterocycles. The molecule has 2 rings (SSSR count). The SMILES string of the molecule is O=[N+]([O-])c1cc(Cl)c(Cl)cc1NCC1CCCS1. The number of benzene rings is 1. The van der Waals surface area contributed by atoms with Gasteiger partial charge in [-0.3, -0.25) is 10.1 Å². The fourth-order valence-corrected chi connectivity index (χ4v) is 3.38. The molecule has 0 radical (unpaired) electrons. The van der Waals surface area contributed by atoms with Gasteiger partial charge < -0.3 is 5.32 Å². The molecule has 98 valence electrons. The van der Waals surface area contributed by atoms with Crippen LogP contribution in [0, 0.1) is 10.1 Å². The molecule has 0 spiro atoms. The van der Waals surface area contributed by atoms with Crippen molar-refractivity contribution < 1.29 is 4.92 Å². The Balaban J connectivity index is 2.14. The molecule has 1 atom stereocenters. The lowest BCUT2D eigenvalue weighted by atomic mass is 10.2. The van der Waals surface area contributed by atoms with E-state index in [4.69, 9.17) is 23.2 Å². The van der Waals surface area contributed by atoms with Gasteiger partial charge in [0.1, 0.15) is 5.69 Å². The molecule has 0 bridgehead atoms. The first-order valence-electron chi connectivity index (χ1n) is 5.57. The van der Waals surface area contributed by atoms with Crippen LogP contribution in [0.25, 0.3) is 0 Å². The summed E-state index contributed by atoms with van der Waals surface area (Å²) in [6.07, 6.45) is 2.35. The molecular weight excluding hydrogens is 295 g/mol. The number of halogens is 2. The minimum atomic E-state index is -0.452. The summed E-state index contributed by atoms with van der Waals surface area (Å²) in [5.74, 6) is 1.16. The number of nitro groups is 1. The molecule has 1 fully saturated rings. The first-order valence-corrected chi connectivity index (χ1v) is 7.37. The number of hydrogen-bond donors (Lipinski definition) is 1. The van der Waals surface area contributed by atoms with E-state index in [9.17, 15) is 10.1 Å². The maximum absolute atomic E-state index is 10.9. The van der Waals surface area contributed by atoms with Crippen molar-refractivity contribution in [3.05, 3.63) is 32.3 Å².